The van der Waals surface area contributed by atoms with Crippen molar-refractivity contribution in [2.45, 2.75) is 46.1 Å². The van der Waals surface area contributed by atoms with Gasteiger partial charge in [-0.25, -0.2) is 4.98 Å². The highest BCUT2D eigenvalue weighted by molar-refractivity contribution is 5.87. The summed E-state index contributed by atoms with van der Waals surface area (Å²) in [7, 11) is 0. The molecule has 2 atom stereocenters. The second-order valence-electron chi connectivity index (χ2n) is 7.99. The van der Waals surface area contributed by atoms with Crippen LogP contribution in [0.2, 0.25) is 0 Å². The molecular formula is C25H31N3O2. The first kappa shape index (κ1) is 20.6. The van der Waals surface area contributed by atoms with Gasteiger partial charge < -0.3 is 19.7 Å². The van der Waals surface area contributed by atoms with E-state index in [0.717, 1.165) is 37.7 Å². The Morgan fingerprint density at radius 2 is 1.83 bits per heavy atom. The molecule has 1 saturated heterocycles. The van der Waals surface area contributed by atoms with Gasteiger partial charge in [0.1, 0.15) is 11.6 Å². The zero-order chi connectivity index (χ0) is 20.9. The van der Waals surface area contributed by atoms with Crippen LogP contribution in [-0.4, -0.2) is 36.9 Å². The molecular weight excluding hydrogens is 374 g/mol. The topological polar surface area (TPSA) is 46.6 Å². The quantitative estimate of drug-likeness (QED) is 0.625. The van der Waals surface area contributed by atoms with Crippen molar-refractivity contribution in [2.24, 2.45) is 0 Å². The van der Waals surface area contributed by atoms with Crippen LogP contribution in [0.4, 0.5) is 5.82 Å². The minimum Gasteiger partial charge on any atom is -0.494 e. The fraction of sp³-hybridized carbons (Fsp3) is 0.400. The van der Waals surface area contributed by atoms with Gasteiger partial charge >= 0.3 is 0 Å². The monoisotopic (exact) mass is 405 g/mol. The molecule has 0 radical (unpaired) electrons. The van der Waals surface area contributed by atoms with Crippen molar-refractivity contribution in [1.82, 2.24) is 10.3 Å². The molecule has 1 fully saturated rings. The molecule has 1 aliphatic heterocycles. The molecule has 1 aliphatic rings. The van der Waals surface area contributed by atoms with E-state index in [1.807, 2.05) is 13.1 Å². The number of hydrogen-bond acceptors (Lipinski definition) is 5. The first-order valence-electron chi connectivity index (χ1n) is 10.8. The fourth-order valence-electron chi connectivity index (χ4n) is 4.19. The summed E-state index contributed by atoms with van der Waals surface area (Å²) in [6.45, 7) is 10.2. The number of rotatable bonds is 7. The summed E-state index contributed by atoms with van der Waals surface area (Å²) in [5.41, 5.74) is 2.38. The summed E-state index contributed by atoms with van der Waals surface area (Å²) in [5, 5.41) is 6.04. The van der Waals surface area contributed by atoms with Crippen LogP contribution in [0.1, 0.15) is 31.9 Å². The molecule has 0 spiro atoms. The molecule has 2 heterocycles. The van der Waals surface area contributed by atoms with Crippen molar-refractivity contribution in [3.8, 4) is 5.75 Å². The van der Waals surface area contributed by atoms with Gasteiger partial charge in [0.25, 0.3) is 0 Å². The second-order valence-corrected chi connectivity index (χ2v) is 7.99. The van der Waals surface area contributed by atoms with Crippen molar-refractivity contribution < 1.29 is 9.47 Å². The molecule has 1 aromatic heterocycles. The van der Waals surface area contributed by atoms with Gasteiger partial charge in [0.05, 0.1) is 18.8 Å². The number of hydrogen-bond donors (Lipinski definition) is 1. The maximum atomic E-state index is 5.88. The molecule has 0 unspecified atom stereocenters. The van der Waals surface area contributed by atoms with E-state index in [0.29, 0.717) is 6.61 Å². The fourth-order valence-corrected chi connectivity index (χ4v) is 4.19. The Balaban J connectivity index is 1.42. The Kier molecular flexibility index (Phi) is 6.50. The normalized spacial score (nSPS) is 19.2. The average Bonchev–Trinajstić information content (AvgIpc) is 2.75. The molecule has 4 rings (SSSR count). The zero-order valence-corrected chi connectivity index (χ0v) is 18.1. The van der Waals surface area contributed by atoms with E-state index in [1.165, 1.54) is 21.9 Å². The first-order valence-corrected chi connectivity index (χ1v) is 10.8. The van der Waals surface area contributed by atoms with Gasteiger partial charge in [0.15, 0.2) is 0 Å². The zero-order valence-electron chi connectivity index (χ0n) is 18.1. The minimum atomic E-state index is 0.233. The van der Waals surface area contributed by atoms with Crippen molar-refractivity contribution in [2.75, 3.05) is 24.6 Å². The van der Waals surface area contributed by atoms with Crippen LogP contribution in [0.3, 0.4) is 0 Å². The Bertz CT molecular complexity index is 964. The summed E-state index contributed by atoms with van der Waals surface area (Å²) < 4.78 is 11.7. The van der Waals surface area contributed by atoms with Crippen LogP contribution >= 0.6 is 0 Å². The lowest BCUT2D eigenvalue weighted by Crippen LogP contribution is -2.45. The molecule has 2 aromatic carbocycles. The van der Waals surface area contributed by atoms with Gasteiger partial charge in [-0.1, -0.05) is 36.4 Å². The predicted octanol–water partition coefficient (Wildman–Crippen LogP) is 4.54. The third-order valence-electron chi connectivity index (χ3n) is 5.48. The van der Waals surface area contributed by atoms with Gasteiger partial charge in [0, 0.05) is 37.9 Å². The molecule has 30 heavy (non-hydrogen) atoms. The van der Waals surface area contributed by atoms with Crippen LogP contribution in [0.15, 0.2) is 54.7 Å². The predicted molar refractivity (Wildman–Crippen MR) is 122 cm³/mol. The number of morpholine rings is 1. The van der Waals surface area contributed by atoms with Crippen molar-refractivity contribution in [3.05, 3.63) is 65.9 Å². The number of pyridine rings is 1. The second kappa shape index (κ2) is 9.45. The number of aromatic nitrogens is 1. The van der Waals surface area contributed by atoms with Crippen LogP contribution in [0.5, 0.6) is 5.75 Å². The van der Waals surface area contributed by atoms with Gasteiger partial charge in [-0.05, 0) is 49.2 Å². The summed E-state index contributed by atoms with van der Waals surface area (Å²) in [5.74, 6) is 1.97. The summed E-state index contributed by atoms with van der Waals surface area (Å²) in [6.07, 6.45) is 2.44. The number of fused-ring (bicyclic) bond motifs is 1. The van der Waals surface area contributed by atoms with Crippen molar-refractivity contribution in [1.29, 1.82) is 0 Å². The van der Waals surface area contributed by atoms with E-state index < -0.39 is 0 Å². The van der Waals surface area contributed by atoms with E-state index in [4.69, 9.17) is 14.5 Å². The molecule has 0 amide bonds. The highest BCUT2D eigenvalue weighted by Crippen LogP contribution is 2.28. The Labute approximate surface area is 179 Å². The molecule has 0 saturated carbocycles. The van der Waals surface area contributed by atoms with E-state index in [9.17, 15) is 0 Å². The molecule has 1 N–H and O–H groups in total. The van der Waals surface area contributed by atoms with Gasteiger partial charge in [-0.3, -0.25) is 0 Å². The van der Waals surface area contributed by atoms with Crippen LogP contribution < -0.4 is 15.0 Å². The van der Waals surface area contributed by atoms with Crippen molar-refractivity contribution in [3.63, 3.8) is 0 Å². The lowest BCUT2D eigenvalue weighted by Gasteiger charge is -2.36. The molecule has 5 heteroatoms. The third kappa shape index (κ3) is 4.74. The molecule has 0 aliphatic carbocycles. The van der Waals surface area contributed by atoms with Crippen LogP contribution in [0.25, 0.3) is 10.8 Å². The highest BCUT2D eigenvalue weighted by Gasteiger charge is 2.22. The highest BCUT2D eigenvalue weighted by atomic mass is 16.5. The molecule has 158 valence electrons. The number of nitrogens with zero attached hydrogens (tertiary/aromatic N) is 2. The maximum absolute atomic E-state index is 5.88. The Hall–Kier alpha value is -2.63. The maximum Gasteiger partial charge on any atom is 0.128 e. The SMILES string of the molecule is CCOc1ccc2ccccc2c1CNCc1ccc(N2C[C@@H](C)O[C@@H](C)C2)nc1. The summed E-state index contributed by atoms with van der Waals surface area (Å²) in [6, 6.07) is 16.9. The van der Waals surface area contributed by atoms with Crippen LogP contribution in [-0.2, 0) is 17.8 Å². The number of ether oxygens (including phenoxy) is 2. The Morgan fingerprint density at radius 3 is 2.57 bits per heavy atom. The van der Waals surface area contributed by atoms with E-state index in [1.54, 1.807) is 0 Å². The summed E-state index contributed by atoms with van der Waals surface area (Å²) >= 11 is 0. The van der Waals surface area contributed by atoms with E-state index >= 15 is 0 Å². The number of benzene rings is 2. The van der Waals surface area contributed by atoms with Crippen LogP contribution in [0, 0.1) is 0 Å². The number of nitrogens with one attached hydrogen (secondary N) is 1. The molecule has 5 nitrogen and oxygen atoms in total. The third-order valence-corrected chi connectivity index (χ3v) is 5.48. The average molecular weight is 406 g/mol. The van der Waals surface area contributed by atoms with Gasteiger partial charge in [-0.2, -0.15) is 0 Å². The largest absolute Gasteiger partial charge is 0.494 e. The standard InChI is InChI=1S/C25H31N3O2/c1-4-29-24-11-10-21-7-5-6-8-22(21)23(24)15-26-13-20-9-12-25(27-14-20)28-16-18(2)30-19(3)17-28/h5-12,14,18-19,26H,4,13,15-17H2,1-3H3/t18-,19+. The lowest BCUT2D eigenvalue weighted by atomic mass is 10.0. The lowest BCUT2D eigenvalue weighted by molar-refractivity contribution is -0.00545. The van der Waals surface area contributed by atoms with Crippen molar-refractivity contribution >= 4 is 16.6 Å². The smallest absolute Gasteiger partial charge is 0.128 e. The van der Waals surface area contributed by atoms with Gasteiger partial charge in [-0.15, -0.1) is 0 Å². The minimum absolute atomic E-state index is 0.233. The summed E-state index contributed by atoms with van der Waals surface area (Å²) in [4.78, 5) is 7.01. The molecule has 0 bridgehead atoms. The first-order chi connectivity index (χ1) is 14.6. The molecule has 3 aromatic rings. The Morgan fingerprint density at radius 1 is 1.03 bits per heavy atom. The van der Waals surface area contributed by atoms with E-state index in [-0.39, 0.29) is 12.2 Å². The van der Waals surface area contributed by atoms with Gasteiger partial charge in [0.2, 0.25) is 0 Å². The number of anilines is 1. The van der Waals surface area contributed by atoms with E-state index in [2.05, 4.69) is 72.6 Å².